The van der Waals surface area contributed by atoms with Gasteiger partial charge >= 0.3 is 48.1 Å². The van der Waals surface area contributed by atoms with Crippen molar-refractivity contribution in [3.63, 3.8) is 0 Å². The number of ether oxygens (including phenoxy) is 6. The highest BCUT2D eigenvalue weighted by Crippen LogP contribution is 2.70. The Morgan fingerprint density at radius 3 is 1.89 bits per heavy atom. The average molecular weight is 953 g/mol. The third kappa shape index (κ3) is 12.4. The Morgan fingerprint density at radius 2 is 1.31 bits per heavy atom. The molecule has 1 aliphatic heterocycles. The van der Waals surface area contributed by atoms with Crippen LogP contribution in [0, 0.1) is 52.3 Å². The van der Waals surface area contributed by atoms with Crippen LogP contribution in [0.3, 0.4) is 0 Å². The maximum Gasteiger partial charge on any atom is 0.474 e. The summed E-state index contributed by atoms with van der Waals surface area (Å²) in [5, 5.41) is 0. The second-order valence-electron chi connectivity index (χ2n) is 19.7. The molecule has 0 amide bonds. The molecule has 0 spiro atoms. The van der Waals surface area contributed by atoms with E-state index < -0.39 is 103 Å². The number of carbonyl (C=O) groups is 5. The molecule has 1 saturated heterocycles. The fourth-order valence-electron chi connectivity index (χ4n) is 12.6. The van der Waals surface area contributed by atoms with Crippen LogP contribution in [-0.4, -0.2) is 103 Å². The monoisotopic (exact) mass is 952 g/mol. The van der Waals surface area contributed by atoms with E-state index in [0.29, 0.717) is 18.8 Å². The average Bonchev–Trinajstić information content (AvgIpc) is 3.43. The van der Waals surface area contributed by atoms with E-state index in [0.717, 1.165) is 59.8 Å². The molecule has 4 saturated carbocycles. The van der Waals surface area contributed by atoms with Gasteiger partial charge in [-0.2, -0.15) is 8.42 Å². The number of phosphoric ester groups is 1. The highest BCUT2D eigenvalue weighted by molar-refractivity contribution is 7.80. The van der Waals surface area contributed by atoms with Crippen molar-refractivity contribution in [1.82, 2.24) is 0 Å². The molecule has 0 aromatic heterocycles. The van der Waals surface area contributed by atoms with Gasteiger partial charge in [0.15, 0.2) is 18.3 Å². The Bertz CT molecular complexity index is 1880. The van der Waals surface area contributed by atoms with E-state index in [1.807, 2.05) is 0 Å². The van der Waals surface area contributed by atoms with Gasteiger partial charge in [0, 0.05) is 40.5 Å². The summed E-state index contributed by atoms with van der Waals surface area (Å²) in [6.07, 6.45) is -4.72. The number of carbonyl (C=O) groups excluding carboxylic acids is 5. The summed E-state index contributed by atoms with van der Waals surface area (Å²) in [5.74, 6) is -3.70. The number of hydrogen-bond donors (Lipinski definition) is 2. The first-order chi connectivity index (χ1) is 29.6. The molecule has 0 aromatic carbocycles. The SMILES string of the molecule is CC(=O)OCC1OC(OP(=O)(O)O[C@H]2CC3C(CC[C@@]4(C)C3C[C@H](OC(C)=O)[C@@H]4[C@H](C)CCCC(C)C)[C@@]3(C)CC[C@H](OS(=O)(=O)O)CC23)C(OC(C)=O)C(OC(C)=O)C1OC(C)=O. The van der Waals surface area contributed by atoms with E-state index in [4.69, 9.17) is 41.7 Å². The van der Waals surface area contributed by atoms with Crippen molar-refractivity contribution >= 4 is 48.1 Å². The van der Waals surface area contributed by atoms with E-state index in [-0.39, 0.29) is 66.3 Å². The molecule has 5 fully saturated rings. The van der Waals surface area contributed by atoms with Gasteiger partial charge in [-0.15, -0.1) is 0 Å². The molecule has 64 heavy (non-hydrogen) atoms. The Balaban J connectivity index is 1.52. The second-order valence-corrected chi connectivity index (χ2v) is 22.1. The number of hydrogen-bond acceptors (Lipinski definition) is 17. The number of phosphoric acid groups is 1. The first-order valence-electron chi connectivity index (χ1n) is 22.5. The van der Waals surface area contributed by atoms with Crippen molar-refractivity contribution in [3.8, 4) is 0 Å². The molecule has 0 bridgehead atoms. The van der Waals surface area contributed by atoms with Gasteiger partial charge in [-0.3, -0.25) is 37.6 Å². The summed E-state index contributed by atoms with van der Waals surface area (Å²) >= 11 is 0. The van der Waals surface area contributed by atoms with Crippen molar-refractivity contribution in [2.75, 3.05) is 6.61 Å². The molecule has 4 aliphatic carbocycles. The van der Waals surface area contributed by atoms with Crippen LogP contribution in [0.2, 0.25) is 0 Å². The summed E-state index contributed by atoms with van der Waals surface area (Å²) in [6, 6.07) is 0. The summed E-state index contributed by atoms with van der Waals surface area (Å²) in [7, 11) is -10.2. The van der Waals surface area contributed by atoms with E-state index in [1.54, 1.807) is 0 Å². The van der Waals surface area contributed by atoms with Crippen LogP contribution in [0.4, 0.5) is 0 Å². The number of fused-ring (bicyclic) bond motifs is 5. The minimum atomic E-state index is -5.36. The van der Waals surface area contributed by atoms with E-state index in [1.165, 1.54) is 6.92 Å². The van der Waals surface area contributed by atoms with Gasteiger partial charge in [0.2, 0.25) is 6.29 Å². The maximum atomic E-state index is 14.5. The van der Waals surface area contributed by atoms with E-state index >= 15 is 0 Å². The van der Waals surface area contributed by atoms with Crippen LogP contribution in [0.5, 0.6) is 0 Å². The number of esters is 5. The quantitative estimate of drug-likeness (QED) is 0.0729. The summed E-state index contributed by atoms with van der Waals surface area (Å²) in [6.45, 7) is 16.0. The van der Waals surface area contributed by atoms with Crippen LogP contribution in [-0.2, 0) is 80.6 Å². The Kier molecular flexibility index (Phi) is 16.9. The highest BCUT2D eigenvalue weighted by Gasteiger charge is 2.66. The zero-order chi connectivity index (χ0) is 47.7. The molecule has 0 aromatic rings. The molecule has 17 atom stereocenters. The zero-order valence-corrected chi connectivity index (χ0v) is 40.3. The molecular weight excluding hydrogens is 883 g/mol. The van der Waals surface area contributed by atoms with Crippen molar-refractivity contribution in [1.29, 1.82) is 0 Å². The largest absolute Gasteiger partial charge is 0.474 e. The third-order valence-electron chi connectivity index (χ3n) is 14.8. The smallest absolute Gasteiger partial charge is 0.463 e. The van der Waals surface area contributed by atoms with Crippen LogP contribution < -0.4 is 0 Å². The van der Waals surface area contributed by atoms with Gasteiger partial charge in [0.25, 0.3) is 0 Å². The van der Waals surface area contributed by atoms with Gasteiger partial charge in [0.05, 0.1) is 12.2 Å². The lowest BCUT2D eigenvalue weighted by atomic mass is 9.43. The fraction of sp³-hybridized carbons (Fsp3) is 0.884. The maximum absolute atomic E-state index is 14.5. The van der Waals surface area contributed by atoms with Gasteiger partial charge in [0.1, 0.15) is 18.8 Å². The molecule has 5 aliphatic rings. The Hall–Kier alpha value is -2.71. The molecule has 10 unspecified atom stereocenters. The second kappa shape index (κ2) is 20.7. The predicted molar refractivity (Wildman–Crippen MR) is 224 cm³/mol. The molecule has 2 N–H and O–H groups in total. The van der Waals surface area contributed by atoms with Gasteiger partial charge in [-0.1, -0.05) is 53.9 Å². The van der Waals surface area contributed by atoms with E-state index in [9.17, 15) is 46.4 Å². The third-order valence-corrected chi connectivity index (χ3v) is 16.3. The Labute approximate surface area is 376 Å². The lowest BCUT2D eigenvalue weighted by Gasteiger charge is -2.62. The summed E-state index contributed by atoms with van der Waals surface area (Å²) in [4.78, 5) is 73.4. The van der Waals surface area contributed by atoms with Crippen LogP contribution in [0.1, 0.15) is 133 Å². The molecule has 0 radical (unpaired) electrons. The fourth-order valence-corrected chi connectivity index (χ4v) is 14.2. The summed E-state index contributed by atoms with van der Waals surface area (Å²) < 4.78 is 98.7. The van der Waals surface area contributed by atoms with Gasteiger partial charge in [-0.25, -0.2) is 8.75 Å². The van der Waals surface area contributed by atoms with Gasteiger partial charge in [-0.05, 0) is 91.3 Å². The lowest BCUT2D eigenvalue weighted by molar-refractivity contribution is -0.292. The first kappa shape index (κ1) is 52.3. The molecule has 5 rings (SSSR count). The van der Waals surface area contributed by atoms with Crippen LogP contribution >= 0.6 is 7.82 Å². The van der Waals surface area contributed by atoms with Crippen LogP contribution in [0.15, 0.2) is 0 Å². The first-order valence-corrected chi connectivity index (χ1v) is 25.3. The topological polar surface area (TPSA) is 260 Å². The van der Waals surface area contributed by atoms with Crippen LogP contribution in [0.25, 0.3) is 0 Å². The molecule has 366 valence electrons. The predicted octanol–water partition coefficient (Wildman–Crippen LogP) is 6.03. The molecule has 1 heterocycles. The highest BCUT2D eigenvalue weighted by atomic mass is 32.3. The lowest BCUT2D eigenvalue weighted by Crippen LogP contribution is -2.62. The van der Waals surface area contributed by atoms with Gasteiger partial charge < -0.3 is 33.3 Å². The minimum absolute atomic E-state index is 0.00238. The van der Waals surface area contributed by atoms with E-state index in [2.05, 4.69) is 34.6 Å². The molecular formula is C43H69O19PS. The summed E-state index contributed by atoms with van der Waals surface area (Å²) in [5.41, 5.74) is -0.869. The zero-order valence-electron chi connectivity index (χ0n) is 38.6. The standard InChI is InChI=1S/C43H69O19PS/c1-22(2)12-11-13-23(3)37-35(55-25(5)45)20-32-30-19-34(33-18-29(62-64(51,52)53)14-16-42(33,9)31(30)15-17-43(32,37)10)60-63(49,50)61-41-40(58-28(8)48)39(57-27(7)47)38(56-26(6)46)36(59-41)21-54-24(4)44/h22-23,29-41H,11-21H2,1-10H3,(H,49,50)(H,51,52,53)/t23-,29+,30?,31?,32?,33?,34+,35+,36?,37+,38?,39?,40?,41?,42-,43+/m1/s1. The Morgan fingerprint density at radius 1 is 0.719 bits per heavy atom. The van der Waals surface area contributed by atoms with Crippen molar-refractivity contribution in [2.24, 2.45) is 52.3 Å². The molecule has 21 heteroatoms. The number of rotatable bonds is 17. The minimum Gasteiger partial charge on any atom is -0.463 e. The normalized spacial score (nSPS) is 38.6. The van der Waals surface area contributed by atoms with Crippen molar-refractivity contribution < 1.29 is 88.1 Å². The van der Waals surface area contributed by atoms with Crippen molar-refractivity contribution in [2.45, 2.75) is 182 Å². The van der Waals surface area contributed by atoms with Crippen molar-refractivity contribution in [3.05, 3.63) is 0 Å². The molecule has 19 nitrogen and oxygen atoms in total.